The van der Waals surface area contributed by atoms with Crippen molar-refractivity contribution in [3.05, 3.63) is 24.3 Å². The molecule has 0 spiro atoms. The number of aliphatic hydroxyl groups is 2. The maximum atomic E-state index is 9.56. The number of hydrogen-bond acceptors (Lipinski definition) is 4. The van der Waals surface area contributed by atoms with Gasteiger partial charge < -0.3 is 21.3 Å². The van der Waals surface area contributed by atoms with Crippen molar-refractivity contribution in [3.8, 4) is 0 Å². The van der Waals surface area contributed by atoms with E-state index in [0.717, 1.165) is 0 Å². The van der Waals surface area contributed by atoms with Gasteiger partial charge in [-0.3, -0.25) is 0 Å². The van der Waals surface area contributed by atoms with Crippen molar-refractivity contribution in [2.75, 3.05) is 19.7 Å². The fraction of sp³-hybridized carbons (Fsp3) is 0.556. The molecule has 0 heterocycles. The second-order valence-corrected chi connectivity index (χ2v) is 3.20. The molecule has 0 saturated heterocycles. The van der Waals surface area contributed by atoms with Crippen LogP contribution in [0.15, 0.2) is 24.3 Å². The third-order valence-corrected chi connectivity index (χ3v) is 2.08. The molecule has 74 valence electrons. The van der Waals surface area contributed by atoms with Crippen molar-refractivity contribution in [3.63, 3.8) is 0 Å². The third-order valence-electron chi connectivity index (χ3n) is 2.08. The summed E-state index contributed by atoms with van der Waals surface area (Å²) in [6.45, 7) is 1.02. The Bertz CT molecular complexity index is 216. The van der Waals surface area contributed by atoms with Gasteiger partial charge in [0.15, 0.2) is 0 Å². The van der Waals surface area contributed by atoms with Gasteiger partial charge >= 0.3 is 0 Å². The summed E-state index contributed by atoms with van der Waals surface area (Å²) in [7, 11) is 0. The van der Waals surface area contributed by atoms with Crippen LogP contribution in [0, 0.1) is 0 Å². The Kier molecular flexibility index (Phi) is 3.62. The van der Waals surface area contributed by atoms with Crippen LogP contribution < -0.4 is 11.1 Å². The highest BCUT2D eigenvalue weighted by atomic mass is 16.3. The van der Waals surface area contributed by atoms with Gasteiger partial charge in [0.2, 0.25) is 0 Å². The Morgan fingerprint density at radius 3 is 2.85 bits per heavy atom. The number of hydrogen-bond donors (Lipinski definition) is 4. The molecule has 4 nitrogen and oxygen atoms in total. The number of allylic oxidation sites excluding steroid dienone is 2. The zero-order valence-electron chi connectivity index (χ0n) is 7.48. The maximum Gasteiger partial charge on any atom is 0.0952 e. The smallest absolute Gasteiger partial charge is 0.0952 e. The molecular formula is C9H16N2O2. The minimum absolute atomic E-state index is 0.0751. The van der Waals surface area contributed by atoms with Crippen LogP contribution in [0.3, 0.4) is 0 Å². The molecule has 0 aromatic heterocycles. The molecule has 13 heavy (non-hydrogen) atoms. The molecule has 1 rings (SSSR count). The minimum atomic E-state index is -0.746. The van der Waals surface area contributed by atoms with Gasteiger partial charge in [0.1, 0.15) is 0 Å². The van der Waals surface area contributed by atoms with E-state index in [1.165, 1.54) is 0 Å². The SMILES string of the molecule is NC1(CNCCO)C=CC=CC1O. The lowest BCUT2D eigenvalue weighted by molar-refractivity contribution is 0.148. The quantitative estimate of drug-likeness (QED) is 0.412. The molecule has 0 radical (unpaired) electrons. The van der Waals surface area contributed by atoms with E-state index in [9.17, 15) is 5.11 Å². The first-order valence-corrected chi connectivity index (χ1v) is 4.33. The van der Waals surface area contributed by atoms with Gasteiger partial charge in [-0.05, 0) is 0 Å². The Hall–Kier alpha value is -0.680. The summed E-state index contributed by atoms with van der Waals surface area (Å²) in [4.78, 5) is 0. The second kappa shape index (κ2) is 4.53. The Labute approximate surface area is 77.8 Å². The summed E-state index contributed by atoms with van der Waals surface area (Å²) < 4.78 is 0. The molecular weight excluding hydrogens is 168 g/mol. The van der Waals surface area contributed by atoms with Gasteiger partial charge in [-0.15, -0.1) is 0 Å². The van der Waals surface area contributed by atoms with E-state index < -0.39 is 11.6 Å². The average Bonchev–Trinajstić information content (AvgIpc) is 2.11. The fourth-order valence-electron chi connectivity index (χ4n) is 1.23. The van der Waals surface area contributed by atoms with Crippen LogP contribution in [0.2, 0.25) is 0 Å². The first-order valence-electron chi connectivity index (χ1n) is 4.33. The molecule has 0 aromatic carbocycles. The van der Waals surface area contributed by atoms with Gasteiger partial charge in [-0.25, -0.2) is 0 Å². The van der Waals surface area contributed by atoms with E-state index in [1.807, 2.05) is 6.08 Å². The topological polar surface area (TPSA) is 78.5 Å². The zero-order chi connectivity index (χ0) is 9.73. The van der Waals surface area contributed by atoms with Crippen LogP contribution in [-0.2, 0) is 0 Å². The predicted octanol–water partition coefficient (Wildman–Crippen LogP) is -1.25. The summed E-state index contributed by atoms with van der Waals surface area (Å²) in [5, 5.41) is 21.1. The molecule has 1 aliphatic rings. The number of nitrogens with two attached hydrogens (primary N) is 1. The largest absolute Gasteiger partial charge is 0.395 e. The van der Waals surface area contributed by atoms with E-state index >= 15 is 0 Å². The first-order chi connectivity index (χ1) is 6.19. The highest BCUT2D eigenvalue weighted by Crippen LogP contribution is 2.14. The highest BCUT2D eigenvalue weighted by molar-refractivity contribution is 5.25. The molecule has 1 aliphatic carbocycles. The van der Waals surface area contributed by atoms with Crippen LogP contribution >= 0.6 is 0 Å². The van der Waals surface area contributed by atoms with Crippen molar-refractivity contribution in [1.82, 2.24) is 5.32 Å². The van der Waals surface area contributed by atoms with Crippen molar-refractivity contribution in [2.24, 2.45) is 5.73 Å². The Morgan fingerprint density at radius 1 is 1.46 bits per heavy atom. The van der Waals surface area contributed by atoms with E-state index in [-0.39, 0.29) is 6.61 Å². The standard InChI is InChI=1S/C9H16N2O2/c10-9(7-11-5-6-12)4-2-1-3-8(9)13/h1-4,8,11-13H,5-7,10H2. The third kappa shape index (κ3) is 2.63. The molecule has 0 bridgehead atoms. The Morgan fingerprint density at radius 2 is 2.23 bits per heavy atom. The lowest BCUT2D eigenvalue weighted by Gasteiger charge is -2.31. The van der Waals surface area contributed by atoms with Gasteiger partial charge in [0.05, 0.1) is 18.2 Å². The molecule has 0 aromatic rings. The summed E-state index contributed by atoms with van der Waals surface area (Å²) in [6, 6.07) is 0. The fourth-order valence-corrected chi connectivity index (χ4v) is 1.23. The van der Waals surface area contributed by atoms with Gasteiger partial charge in [-0.1, -0.05) is 24.3 Å². The van der Waals surface area contributed by atoms with E-state index in [2.05, 4.69) is 5.32 Å². The molecule has 0 aliphatic heterocycles. The number of rotatable bonds is 4. The van der Waals surface area contributed by atoms with Crippen molar-refractivity contribution < 1.29 is 10.2 Å². The number of aliphatic hydroxyl groups excluding tert-OH is 2. The predicted molar refractivity (Wildman–Crippen MR) is 51.2 cm³/mol. The molecule has 5 N–H and O–H groups in total. The molecule has 4 heteroatoms. The molecule has 2 unspecified atom stereocenters. The van der Waals surface area contributed by atoms with E-state index in [0.29, 0.717) is 13.1 Å². The summed E-state index contributed by atoms with van der Waals surface area (Å²) in [6.07, 6.45) is 6.33. The van der Waals surface area contributed by atoms with Crippen LogP contribution in [0.1, 0.15) is 0 Å². The van der Waals surface area contributed by atoms with Crippen LogP contribution in [-0.4, -0.2) is 41.6 Å². The summed E-state index contributed by atoms with van der Waals surface area (Å²) >= 11 is 0. The Balaban J connectivity index is 2.45. The van der Waals surface area contributed by atoms with Crippen LogP contribution in [0.4, 0.5) is 0 Å². The normalized spacial score (nSPS) is 32.4. The zero-order valence-corrected chi connectivity index (χ0v) is 7.48. The van der Waals surface area contributed by atoms with Crippen molar-refractivity contribution >= 4 is 0 Å². The highest BCUT2D eigenvalue weighted by Gasteiger charge is 2.29. The lowest BCUT2D eigenvalue weighted by Crippen LogP contribution is -2.56. The minimum Gasteiger partial charge on any atom is -0.395 e. The first kappa shape index (κ1) is 10.4. The second-order valence-electron chi connectivity index (χ2n) is 3.20. The van der Waals surface area contributed by atoms with E-state index in [1.54, 1.807) is 18.2 Å². The maximum absolute atomic E-state index is 9.56. The summed E-state index contributed by atoms with van der Waals surface area (Å²) in [5.74, 6) is 0. The van der Waals surface area contributed by atoms with Crippen LogP contribution in [0.25, 0.3) is 0 Å². The number of nitrogens with one attached hydrogen (secondary N) is 1. The summed E-state index contributed by atoms with van der Waals surface area (Å²) in [5.41, 5.74) is 5.17. The molecule has 0 fully saturated rings. The van der Waals surface area contributed by atoms with Gasteiger partial charge in [-0.2, -0.15) is 0 Å². The van der Waals surface area contributed by atoms with Gasteiger partial charge in [0.25, 0.3) is 0 Å². The van der Waals surface area contributed by atoms with Crippen LogP contribution in [0.5, 0.6) is 0 Å². The van der Waals surface area contributed by atoms with E-state index in [4.69, 9.17) is 10.8 Å². The van der Waals surface area contributed by atoms with Gasteiger partial charge in [0, 0.05) is 13.1 Å². The lowest BCUT2D eigenvalue weighted by atomic mass is 9.89. The molecule has 0 saturated carbocycles. The average molecular weight is 184 g/mol. The van der Waals surface area contributed by atoms with Crippen molar-refractivity contribution in [2.45, 2.75) is 11.6 Å². The van der Waals surface area contributed by atoms with Crippen molar-refractivity contribution in [1.29, 1.82) is 0 Å². The molecule has 0 amide bonds. The monoisotopic (exact) mass is 184 g/mol. The molecule has 2 atom stereocenters.